The van der Waals surface area contributed by atoms with Crippen LogP contribution in [0, 0.1) is 13.8 Å². The Balaban J connectivity index is 2.20. The van der Waals surface area contributed by atoms with Crippen LogP contribution in [0.25, 0.3) is 11.4 Å². The van der Waals surface area contributed by atoms with Crippen molar-refractivity contribution in [3.63, 3.8) is 0 Å². The van der Waals surface area contributed by atoms with Crippen molar-refractivity contribution in [2.45, 2.75) is 26.9 Å². The second kappa shape index (κ2) is 4.52. The average Bonchev–Trinajstić information content (AvgIpc) is 2.71. The van der Waals surface area contributed by atoms with Crippen molar-refractivity contribution < 1.29 is 0 Å². The van der Waals surface area contributed by atoms with Gasteiger partial charge >= 0.3 is 0 Å². The predicted molar refractivity (Wildman–Crippen MR) is 76.5 cm³/mol. The van der Waals surface area contributed by atoms with Gasteiger partial charge in [-0.25, -0.2) is 4.98 Å². The Morgan fingerprint density at radius 1 is 1.33 bits per heavy atom. The molecular formula is C14H16BrN3. The second-order valence-corrected chi connectivity index (χ2v) is 5.57. The molecule has 0 saturated heterocycles. The lowest BCUT2D eigenvalue weighted by Crippen LogP contribution is -2.28. The van der Waals surface area contributed by atoms with Crippen molar-refractivity contribution in [1.29, 1.82) is 0 Å². The summed E-state index contributed by atoms with van der Waals surface area (Å²) in [5.74, 6) is 1.08. The summed E-state index contributed by atoms with van der Waals surface area (Å²) in [5, 5.41) is 3.38. The first kappa shape index (κ1) is 11.9. The molecule has 3 nitrogen and oxygen atoms in total. The highest BCUT2D eigenvalue weighted by molar-refractivity contribution is 9.10. The third-order valence-corrected chi connectivity index (χ3v) is 4.10. The van der Waals surface area contributed by atoms with E-state index in [0.29, 0.717) is 0 Å². The molecule has 1 aliphatic rings. The van der Waals surface area contributed by atoms with Crippen molar-refractivity contribution in [2.75, 3.05) is 6.54 Å². The first-order valence-electron chi connectivity index (χ1n) is 6.20. The van der Waals surface area contributed by atoms with Crippen molar-refractivity contribution in [1.82, 2.24) is 14.9 Å². The maximum atomic E-state index is 4.70. The smallest absolute Gasteiger partial charge is 0.141 e. The van der Waals surface area contributed by atoms with Gasteiger partial charge in [-0.3, -0.25) is 0 Å². The lowest BCUT2D eigenvalue weighted by atomic mass is 10.1. The van der Waals surface area contributed by atoms with Crippen LogP contribution >= 0.6 is 15.9 Å². The molecule has 0 amide bonds. The number of benzene rings is 1. The number of imidazole rings is 1. The van der Waals surface area contributed by atoms with E-state index in [1.165, 1.54) is 22.4 Å². The van der Waals surface area contributed by atoms with Gasteiger partial charge in [0, 0.05) is 25.2 Å². The molecule has 0 radical (unpaired) electrons. The lowest BCUT2D eigenvalue weighted by Gasteiger charge is -2.18. The molecule has 4 heteroatoms. The fourth-order valence-corrected chi connectivity index (χ4v) is 2.97. The van der Waals surface area contributed by atoms with Crippen LogP contribution in [0.4, 0.5) is 0 Å². The third kappa shape index (κ3) is 1.89. The van der Waals surface area contributed by atoms with E-state index in [1.54, 1.807) is 0 Å². The molecule has 0 fully saturated rings. The first-order chi connectivity index (χ1) is 8.66. The van der Waals surface area contributed by atoms with Gasteiger partial charge < -0.3 is 9.88 Å². The van der Waals surface area contributed by atoms with E-state index >= 15 is 0 Å². The van der Waals surface area contributed by atoms with Gasteiger partial charge in [-0.15, -0.1) is 0 Å². The summed E-state index contributed by atoms with van der Waals surface area (Å²) < 4.78 is 3.29. The maximum absolute atomic E-state index is 4.70. The molecular weight excluding hydrogens is 290 g/mol. The minimum atomic E-state index is 0.887. The average molecular weight is 306 g/mol. The van der Waals surface area contributed by atoms with E-state index in [-0.39, 0.29) is 0 Å². The molecule has 1 aromatic carbocycles. The van der Waals surface area contributed by atoms with Crippen LogP contribution in [0.15, 0.2) is 22.8 Å². The maximum Gasteiger partial charge on any atom is 0.141 e. The van der Waals surface area contributed by atoms with Gasteiger partial charge in [-0.05, 0) is 41.4 Å². The van der Waals surface area contributed by atoms with Gasteiger partial charge in [0.2, 0.25) is 0 Å². The zero-order valence-electron chi connectivity index (χ0n) is 10.6. The fourth-order valence-electron chi connectivity index (χ4n) is 2.45. The Labute approximate surface area is 115 Å². The van der Waals surface area contributed by atoms with Gasteiger partial charge in [-0.2, -0.15) is 0 Å². The molecule has 0 aliphatic carbocycles. The summed E-state index contributed by atoms with van der Waals surface area (Å²) in [7, 11) is 0. The van der Waals surface area contributed by atoms with Crippen molar-refractivity contribution in [3.8, 4) is 11.4 Å². The topological polar surface area (TPSA) is 29.9 Å². The second-order valence-electron chi connectivity index (χ2n) is 4.82. The van der Waals surface area contributed by atoms with E-state index in [0.717, 1.165) is 30.1 Å². The minimum absolute atomic E-state index is 0.887. The standard InChI is InChI=1S/C14H16BrN3/c1-9-3-4-10(2)11(7-9)14-17-13(15)12-8-16-5-6-18(12)14/h3-4,7,16H,5-6,8H2,1-2H3. The molecule has 1 aromatic heterocycles. The zero-order chi connectivity index (χ0) is 12.7. The summed E-state index contributed by atoms with van der Waals surface area (Å²) in [4.78, 5) is 4.70. The van der Waals surface area contributed by atoms with Gasteiger partial charge in [0.1, 0.15) is 10.4 Å². The molecule has 1 aliphatic heterocycles. The number of hydrogen-bond donors (Lipinski definition) is 1. The number of halogens is 1. The Morgan fingerprint density at radius 3 is 3.00 bits per heavy atom. The number of aromatic nitrogens is 2. The van der Waals surface area contributed by atoms with Gasteiger partial charge in [0.15, 0.2) is 0 Å². The molecule has 2 heterocycles. The highest BCUT2D eigenvalue weighted by Gasteiger charge is 2.20. The van der Waals surface area contributed by atoms with Crippen LogP contribution in [-0.2, 0) is 13.1 Å². The molecule has 0 bridgehead atoms. The number of hydrogen-bond acceptors (Lipinski definition) is 2. The lowest BCUT2D eigenvalue weighted by molar-refractivity contribution is 0.518. The van der Waals surface area contributed by atoms with E-state index < -0.39 is 0 Å². The summed E-state index contributed by atoms with van der Waals surface area (Å²) in [6.45, 7) is 7.15. The molecule has 3 rings (SSSR count). The van der Waals surface area contributed by atoms with E-state index in [9.17, 15) is 0 Å². The molecule has 0 spiro atoms. The Kier molecular flexibility index (Phi) is 2.99. The van der Waals surface area contributed by atoms with E-state index in [2.05, 4.69) is 57.9 Å². The van der Waals surface area contributed by atoms with Crippen LogP contribution in [0.5, 0.6) is 0 Å². The monoisotopic (exact) mass is 305 g/mol. The van der Waals surface area contributed by atoms with Gasteiger partial charge in [0.05, 0.1) is 5.69 Å². The van der Waals surface area contributed by atoms with Crippen LogP contribution in [0.3, 0.4) is 0 Å². The van der Waals surface area contributed by atoms with Crippen LogP contribution < -0.4 is 5.32 Å². The SMILES string of the molecule is Cc1ccc(C)c(-c2nc(Br)c3n2CCNC3)c1. The Hall–Kier alpha value is -1.13. The number of nitrogens with zero attached hydrogens (tertiary/aromatic N) is 2. The first-order valence-corrected chi connectivity index (χ1v) is 6.99. The van der Waals surface area contributed by atoms with Crippen molar-refractivity contribution in [2.24, 2.45) is 0 Å². The summed E-state index contributed by atoms with van der Waals surface area (Å²) in [6, 6.07) is 6.54. The highest BCUT2D eigenvalue weighted by Crippen LogP contribution is 2.29. The zero-order valence-corrected chi connectivity index (χ0v) is 12.2. The Morgan fingerprint density at radius 2 is 2.17 bits per heavy atom. The largest absolute Gasteiger partial charge is 0.325 e. The molecule has 1 N–H and O–H groups in total. The van der Waals surface area contributed by atoms with Crippen LogP contribution in [-0.4, -0.2) is 16.1 Å². The quantitative estimate of drug-likeness (QED) is 0.877. The molecule has 0 saturated carbocycles. The molecule has 0 atom stereocenters. The summed E-state index contributed by atoms with van der Waals surface area (Å²) >= 11 is 3.57. The molecule has 2 aromatic rings. The van der Waals surface area contributed by atoms with Crippen molar-refractivity contribution in [3.05, 3.63) is 39.6 Å². The number of nitrogens with one attached hydrogen (secondary N) is 1. The summed E-state index contributed by atoms with van der Waals surface area (Å²) in [5.41, 5.74) is 5.04. The minimum Gasteiger partial charge on any atom is -0.325 e. The molecule has 0 unspecified atom stereocenters. The van der Waals surface area contributed by atoms with Crippen LogP contribution in [0.2, 0.25) is 0 Å². The number of aryl methyl sites for hydroxylation is 2. The highest BCUT2D eigenvalue weighted by atomic mass is 79.9. The molecule has 94 valence electrons. The predicted octanol–water partition coefficient (Wildman–Crippen LogP) is 3.03. The van der Waals surface area contributed by atoms with Crippen molar-refractivity contribution >= 4 is 15.9 Å². The van der Waals surface area contributed by atoms with E-state index in [1.807, 2.05) is 0 Å². The normalized spacial score (nSPS) is 14.6. The number of fused-ring (bicyclic) bond motifs is 1. The Bertz CT molecular complexity index is 601. The summed E-state index contributed by atoms with van der Waals surface area (Å²) in [6.07, 6.45) is 0. The number of rotatable bonds is 1. The third-order valence-electron chi connectivity index (χ3n) is 3.46. The van der Waals surface area contributed by atoms with Gasteiger partial charge in [0.25, 0.3) is 0 Å². The fraction of sp³-hybridized carbons (Fsp3) is 0.357. The van der Waals surface area contributed by atoms with E-state index in [4.69, 9.17) is 4.98 Å². The molecule has 18 heavy (non-hydrogen) atoms. The van der Waals surface area contributed by atoms with Crippen LogP contribution in [0.1, 0.15) is 16.8 Å². The van der Waals surface area contributed by atoms with Gasteiger partial charge in [-0.1, -0.05) is 17.7 Å².